The van der Waals surface area contributed by atoms with E-state index in [4.69, 9.17) is 4.74 Å². The summed E-state index contributed by atoms with van der Waals surface area (Å²) in [4.78, 5) is 6.78. The molecule has 0 unspecified atom stereocenters. The highest BCUT2D eigenvalue weighted by atomic mass is 19.1. The number of hydrogen-bond donors (Lipinski definition) is 0. The predicted molar refractivity (Wildman–Crippen MR) is 90.5 cm³/mol. The van der Waals surface area contributed by atoms with Crippen LogP contribution in [0.2, 0.25) is 0 Å². The first kappa shape index (κ1) is 15.6. The van der Waals surface area contributed by atoms with Crippen molar-refractivity contribution >= 4 is 0 Å². The summed E-state index contributed by atoms with van der Waals surface area (Å²) < 4.78 is 22.5. The molecule has 1 saturated heterocycles. The lowest BCUT2D eigenvalue weighted by molar-refractivity contribution is 0.0509. The Balaban J connectivity index is 1.63. The van der Waals surface area contributed by atoms with Crippen LogP contribution in [0.5, 0.6) is 5.75 Å². The molecule has 1 aromatic heterocycles. The average molecular weight is 329 g/mol. The Morgan fingerprint density at radius 2 is 1.92 bits per heavy atom. The predicted octanol–water partition coefficient (Wildman–Crippen LogP) is 3.29. The lowest BCUT2D eigenvalue weighted by Gasteiger charge is -2.39. The van der Waals surface area contributed by atoms with Gasteiger partial charge in [-0.3, -0.25) is 0 Å². The molecule has 2 aliphatic rings. The number of fused-ring (bicyclic) bond motifs is 1. The number of benzene rings is 1. The molecular weight excluding hydrogens is 305 g/mol. The molecular formula is C19H24FN3O. The number of hydrogen-bond acceptors (Lipinski definition) is 3. The number of para-hydroxylation sites is 1. The van der Waals surface area contributed by atoms with E-state index in [9.17, 15) is 4.39 Å². The zero-order valence-corrected chi connectivity index (χ0v) is 14.2. The van der Waals surface area contributed by atoms with Gasteiger partial charge in [0.05, 0.1) is 6.04 Å². The summed E-state index contributed by atoms with van der Waals surface area (Å²) >= 11 is 0. The van der Waals surface area contributed by atoms with Gasteiger partial charge in [-0.15, -0.1) is 0 Å². The van der Waals surface area contributed by atoms with Crippen molar-refractivity contribution < 1.29 is 9.13 Å². The molecule has 0 radical (unpaired) electrons. The van der Waals surface area contributed by atoms with Gasteiger partial charge in [-0.05, 0) is 50.8 Å². The molecule has 1 aliphatic heterocycles. The van der Waals surface area contributed by atoms with Gasteiger partial charge in [0.2, 0.25) is 0 Å². The highest BCUT2D eigenvalue weighted by Gasteiger charge is 2.43. The van der Waals surface area contributed by atoms with E-state index in [0.29, 0.717) is 17.6 Å². The number of aryl methyl sites for hydroxylation is 1. The number of imidazole rings is 1. The molecule has 0 N–H and O–H groups in total. The van der Waals surface area contributed by atoms with Crippen molar-refractivity contribution in [1.82, 2.24) is 14.5 Å². The van der Waals surface area contributed by atoms with E-state index >= 15 is 0 Å². The molecule has 1 aromatic carbocycles. The van der Waals surface area contributed by atoms with Gasteiger partial charge in [0.25, 0.3) is 0 Å². The van der Waals surface area contributed by atoms with Crippen LogP contribution in [0.1, 0.15) is 24.7 Å². The summed E-state index contributed by atoms with van der Waals surface area (Å²) in [5, 5.41) is 0. The van der Waals surface area contributed by atoms with Gasteiger partial charge in [0, 0.05) is 25.5 Å². The van der Waals surface area contributed by atoms with Crippen LogP contribution in [0, 0.1) is 24.6 Å². The summed E-state index contributed by atoms with van der Waals surface area (Å²) in [6, 6.07) is 6.91. The number of halogens is 1. The zero-order valence-electron chi connectivity index (χ0n) is 14.2. The fourth-order valence-electron chi connectivity index (χ4n) is 4.49. The topological polar surface area (TPSA) is 30.3 Å². The molecule has 4 rings (SSSR count). The summed E-state index contributed by atoms with van der Waals surface area (Å²) in [5.74, 6) is 2.38. The molecule has 2 fully saturated rings. The largest absolute Gasteiger partial charge is 0.485 e. The standard InChI is InChI=1S/C19H24FN3O/c1-13-21-7-8-23(13)17-9-14-11-22(2)12-15(14)10-19(17)24-18-6-4-3-5-16(18)20/h3-8,14-15,17,19H,9-12H2,1-2H3/t14-,15+,17-,19-/m0/s1. The molecule has 0 amide bonds. The molecule has 2 aromatic rings. The summed E-state index contributed by atoms with van der Waals surface area (Å²) in [6.07, 6.45) is 5.86. The maximum atomic E-state index is 14.1. The Morgan fingerprint density at radius 1 is 1.17 bits per heavy atom. The minimum absolute atomic E-state index is 0.0254. The van der Waals surface area contributed by atoms with Gasteiger partial charge in [-0.25, -0.2) is 9.37 Å². The molecule has 24 heavy (non-hydrogen) atoms. The van der Waals surface area contributed by atoms with Crippen LogP contribution in [0.3, 0.4) is 0 Å². The van der Waals surface area contributed by atoms with Crippen molar-refractivity contribution in [2.75, 3.05) is 20.1 Å². The van der Waals surface area contributed by atoms with Gasteiger partial charge < -0.3 is 14.2 Å². The van der Waals surface area contributed by atoms with Gasteiger partial charge in [0.15, 0.2) is 11.6 Å². The van der Waals surface area contributed by atoms with Gasteiger partial charge in [0.1, 0.15) is 11.9 Å². The van der Waals surface area contributed by atoms with Crippen LogP contribution in [0.4, 0.5) is 4.39 Å². The highest BCUT2D eigenvalue weighted by molar-refractivity contribution is 5.24. The van der Waals surface area contributed by atoms with E-state index in [-0.39, 0.29) is 18.0 Å². The van der Waals surface area contributed by atoms with E-state index in [0.717, 1.165) is 31.8 Å². The molecule has 2 heterocycles. The van der Waals surface area contributed by atoms with E-state index < -0.39 is 0 Å². The fourth-order valence-corrected chi connectivity index (χ4v) is 4.49. The minimum Gasteiger partial charge on any atom is -0.485 e. The second-order valence-corrected chi connectivity index (χ2v) is 7.25. The third-order valence-corrected chi connectivity index (χ3v) is 5.60. The van der Waals surface area contributed by atoms with Crippen molar-refractivity contribution in [2.45, 2.75) is 31.9 Å². The maximum absolute atomic E-state index is 14.1. The molecule has 5 heteroatoms. The third kappa shape index (κ3) is 2.81. The smallest absolute Gasteiger partial charge is 0.165 e. The van der Waals surface area contributed by atoms with Gasteiger partial charge in [-0.2, -0.15) is 0 Å². The zero-order chi connectivity index (χ0) is 16.7. The van der Waals surface area contributed by atoms with E-state index in [2.05, 4.69) is 21.5 Å². The number of ether oxygens (including phenoxy) is 1. The molecule has 4 atom stereocenters. The SMILES string of the molecule is Cc1nccn1[C@H]1C[C@H]2CN(C)C[C@H]2C[C@@H]1Oc1ccccc1F. The first-order chi connectivity index (χ1) is 11.6. The van der Waals surface area contributed by atoms with Crippen LogP contribution in [0.15, 0.2) is 36.7 Å². The Labute approximate surface area is 142 Å². The van der Waals surface area contributed by atoms with Crippen LogP contribution < -0.4 is 4.74 Å². The maximum Gasteiger partial charge on any atom is 0.165 e. The molecule has 0 bridgehead atoms. The number of likely N-dealkylation sites (tertiary alicyclic amines) is 1. The fraction of sp³-hybridized carbons (Fsp3) is 0.526. The normalized spacial score (nSPS) is 30.3. The molecule has 0 spiro atoms. The van der Waals surface area contributed by atoms with E-state index in [1.807, 2.05) is 25.4 Å². The molecule has 1 aliphatic carbocycles. The molecule has 1 saturated carbocycles. The Kier molecular flexibility index (Phi) is 4.04. The summed E-state index contributed by atoms with van der Waals surface area (Å²) in [6.45, 7) is 4.27. The third-order valence-electron chi connectivity index (χ3n) is 5.60. The Morgan fingerprint density at radius 3 is 2.62 bits per heavy atom. The quantitative estimate of drug-likeness (QED) is 0.866. The van der Waals surface area contributed by atoms with Crippen molar-refractivity contribution in [2.24, 2.45) is 11.8 Å². The van der Waals surface area contributed by atoms with Crippen molar-refractivity contribution in [1.29, 1.82) is 0 Å². The van der Waals surface area contributed by atoms with Crippen LogP contribution in [-0.4, -0.2) is 40.7 Å². The number of nitrogens with zero attached hydrogens (tertiary/aromatic N) is 3. The summed E-state index contributed by atoms with van der Waals surface area (Å²) in [5.41, 5.74) is 0. The first-order valence-electron chi connectivity index (χ1n) is 8.71. The van der Waals surface area contributed by atoms with Crippen molar-refractivity contribution in [3.63, 3.8) is 0 Å². The van der Waals surface area contributed by atoms with Gasteiger partial charge in [-0.1, -0.05) is 12.1 Å². The minimum atomic E-state index is -0.288. The number of aromatic nitrogens is 2. The molecule has 128 valence electrons. The van der Waals surface area contributed by atoms with Crippen LogP contribution >= 0.6 is 0 Å². The van der Waals surface area contributed by atoms with Crippen LogP contribution in [-0.2, 0) is 0 Å². The average Bonchev–Trinajstić information content (AvgIpc) is 3.13. The van der Waals surface area contributed by atoms with E-state index in [1.54, 1.807) is 12.1 Å². The lowest BCUT2D eigenvalue weighted by atomic mass is 9.77. The Hall–Kier alpha value is -1.88. The van der Waals surface area contributed by atoms with Crippen LogP contribution in [0.25, 0.3) is 0 Å². The first-order valence-corrected chi connectivity index (χ1v) is 8.71. The number of rotatable bonds is 3. The monoisotopic (exact) mass is 329 g/mol. The Bertz CT molecular complexity index is 716. The second kappa shape index (κ2) is 6.20. The molecule has 4 nitrogen and oxygen atoms in total. The van der Waals surface area contributed by atoms with Gasteiger partial charge >= 0.3 is 0 Å². The van der Waals surface area contributed by atoms with Crippen molar-refractivity contribution in [3.05, 3.63) is 48.3 Å². The lowest BCUT2D eigenvalue weighted by Crippen LogP contribution is -2.40. The second-order valence-electron chi connectivity index (χ2n) is 7.25. The highest BCUT2D eigenvalue weighted by Crippen LogP contribution is 2.42. The van der Waals surface area contributed by atoms with Crippen molar-refractivity contribution in [3.8, 4) is 5.75 Å². The summed E-state index contributed by atoms with van der Waals surface area (Å²) in [7, 11) is 2.18. The van der Waals surface area contributed by atoms with E-state index in [1.165, 1.54) is 6.07 Å².